The maximum absolute atomic E-state index is 10.5. The van der Waals surface area contributed by atoms with Crippen molar-refractivity contribution in [3.05, 3.63) is 0 Å². The molecular weight excluding hydrogens is 182 g/mol. The van der Waals surface area contributed by atoms with Crippen molar-refractivity contribution in [2.45, 2.75) is 24.3 Å². The number of carboxylic acid groups (broad SMARTS) is 1. The van der Waals surface area contributed by atoms with E-state index in [1.165, 1.54) is 0 Å². The summed E-state index contributed by atoms with van der Waals surface area (Å²) >= 11 is 0. The number of carbonyl (C=O) groups is 1. The molecule has 0 amide bonds. The minimum Gasteiger partial charge on any atom is -0.480 e. The van der Waals surface area contributed by atoms with Crippen LogP contribution >= 0.6 is 0 Å². The summed E-state index contributed by atoms with van der Waals surface area (Å²) in [6.07, 6.45) is -3.06. The number of hydroxylamine groups is 2. The molecule has 0 aliphatic carbocycles. The van der Waals surface area contributed by atoms with Crippen LogP contribution in [-0.2, 0) is 4.79 Å². The van der Waals surface area contributed by atoms with Crippen molar-refractivity contribution in [3.63, 3.8) is 0 Å². The van der Waals surface area contributed by atoms with Crippen LogP contribution in [0.15, 0.2) is 0 Å². The van der Waals surface area contributed by atoms with Crippen LogP contribution in [0, 0.1) is 0 Å². The van der Waals surface area contributed by atoms with Crippen molar-refractivity contribution in [3.8, 4) is 0 Å². The minimum absolute atomic E-state index is 0.262. The molecule has 0 spiro atoms. The van der Waals surface area contributed by atoms with Gasteiger partial charge in [0, 0.05) is 0 Å². The number of aliphatic hydroxyl groups excluding tert-OH is 3. The van der Waals surface area contributed by atoms with Crippen LogP contribution in [0.2, 0.25) is 0 Å². The van der Waals surface area contributed by atoms with Crippen molar-refractivity contribution in [2.24, 2.45) is 0 Å². The van der Waals surface area contributed by atoms with E-state index < -0.39 is 36.9 Å². The lowest BCUT2D eigenvalue weighted by molar-refractivity contribution is -0.179. The van der Waals surface area contributed by atoms with Gasteiger partial charge in [0.15, 0.2) is 6.04 Å². The normalized spacial score (nSPS) is 40.9. The Balaban J connectivity index is 2.84. The van der Waals surface area contributed by atoms with Gasteiger partial charge in [0.1, 0.15) is 12.2 Å². The highest BCUT2D eigenvalue weighted by molar-refractivity contribution is 5.74. The molecule has 1 saturated heterocycles. The Morgan fingerprint density at radius 3 is 2.08 bits per heavy atom. The molecule has 7 nitrogen and oxygen atoms in total. The quantitative estimate of drug-likeness (QED) is 0.321. The van der Waals surface area contributed by atoms with E-state index in [1.807, 2.05) is 0 Å². The summed E-state index contributed by atoms with van der Waals surface area (Å²) < 4.78 is 0. The molecule has 1 heterocycles. The van der Waals surface area contributed by atoms with E-state index >= 15 is 0 Å². The molecule has 0 bridgehead atoms. The van der Waals surface area contributed by atoms with Gasteiger partial charge in [-0.15, -0.1) is 0 Å². The molecule has 0 aromatic carbocycles. The van der Waals surface area contributed by atoms with Crippen LogP contribution in [0.4, 0.5) is 0 Å². The minimum atomic E-state index is -1.60. The molecule has 4 unspecified atom stereocenters. The average molecular weight is 193 g/mol. The van der Waals surface area contributed by atoms with Gasteiger partial charge in [0.05, 0.1) is 12.6 Å². The first-order valence-electron chi connectivity index (χ1n) is 3.67. The fourth-order valence-corrected chi connectivity index (χ4v) is 1.38. The molecule has 0 aromatic rings. The number of carboxylic acids is 1. The van der Waals surface area contributed by atoms with E-state index in [2.05, 4.69) is 0 Å². The van der Waals surface area contributed by atoms with Gasteiger partial charge >= 0.3 is 5.97 Å². The van der Waals surface area contributed by atoms with Crippen molar-refractivity contribution in [1.82, 2.24) is 5.06 Å². The monoisotopic (exact) mass is 193 g/mol. The lowest BCUT2D eigenvalue weighted by Gasteiger charge is -2.19. The summed E-state index contributed by atoms with van der Waals surface area (Å²) in [5, 5.41) is 44.9. The van der Waals surface area contributed by atoms with Crippen LogP contribution in [0.5, 0.6) is 0 Å². The Morgan fingerprint density at radius 2 is 1.85 bits per heavy atom. The highest BCUT2D eigenvalue weighted by Crippen LogP contribution is 2.22. The first kappa shape index (κ1) is 10.4. The molecule has 0 aromatic heterocycles. The highest BCUT2D eigenvalue weighted by atomic mass is 16.5. The second kappa shape index (κ2) is 3.56. The number of nitrogens with zero attached hydrogens (tertiary/aromatic N) is 1. The average Bonchev–Trinajstić information content (AvgIpc) is 2.24. The van der Waals surface area contributed by atoms with Crippen LogP contribution in [-0.4, -0.2) is 67.6 Å². The lowest BCUT2D eigenvalue weighted by atomic mass is 10.1. The van der Waals surface area contributed by atoms with Gasteiger partial charge in [-0.25, -0.2) is 0 Å². The molecule has 13 heavy (non-hydrogen) atoms. The summed E-state index contributed by atoms with van der Waals surface area (Å²) in [5.41, 5.74) is 0. The zero-order valence-corrected chi connectivity index (χ0v) is 6.61. The number of hydrogen-bond acceptors (Lipinski definition) is 6. The molecule has 1 rings (SSSR count). The molecular formula is C6H11NO6. The molecule has 7 heteroatoms. The molecule has 4 atom stereocenters. The Bertz CT molecular complexity index is 209. The topological polar surface area (TPSA) is 121 Å². The number of aliphatic carboxylic acids is 1. The third kappa shape index (κ3) is 1.52. The fraction of sp³-hybridized carbons (Fsp3) is 0.833. The SMILES string of the molecule is O=C(O)C1C(O)C(O)C(CO)N1O. The first-order chi connectivity index (χ1) is 6.00. The summed E-state index contributed by atoms with van der Waals surface area (Å²) in [4.78, 5) is 10.5. The van der Waals surface area contributed by atoms with Crippen LogP contribution < -0.4 is 0 Å². The van der Waals surface area contributed by atoms with E-state index in [-0.39, 0.29) is 5.06 Å². The summed E-state index contributed by atoms with van der Waals surface area (Å²) in [6, 6.07) is -2.75. The van der Waals surface area contributed by atoms with Gasteiger partial charge in [-0.2, -0.15) is 5.06 Å². The zero-order valence-electron chi connectivity index (χ0n) is 6.61. The second-order valence-electron chi connectivity index (χ2n) is 2.89. The highest BCUT2D eigenvalue weighted by Gasteiger charge is 2.50. The zero-order chi connectivity index (χ0) is 10.2. The van der Waals surface area contributed by atoms with E-state index in [9.17, 15) is 9.90 Å². The van der Waals surface area contributed by atoms with Crippen molar-refractivity contribution in [1.29, 1.82) is 0 Å². The summed E-state index contributed by atoms with van der Waals surface area (Å²) in [6.45, 7) is -0.626. The molecule has 1 aliphatic heterocycles. The van der Waals surface area contributed by atoms with Gasteiger partial charge in [-0.05, 0) is 0 Å². The maximum Gasteiger partial charge on any atom is 0.326 e. The van der Waals surface area contributed by atoms with Crippen molar-refractivity contribution < 1.29 is 30.4 Å². The van der Waals surface area contributed by atoms with Gasteiger partial charge in [-0.1, -0.05) is 0 Å². The first-order valence-corrected chi connectivity index (χ1v) is 3.67. The van der Waals surface area contributed by atoms with E-state index in [0.717, 1.165) is 0 Å². The van der Waals surface area contributed by atoms with Crippen molar-refractivity contribution in [2.75, 3.05) is 6.61 Å². The van der Waals surface area contributed by atoms with Crippen molar-refractivity contribution >= 4 is 5.97 Å². The lowest BCUT2D eigenvalue weighted by Crippen LogP contribution is -2.43. The molecule has 1 fully saturated rings. The largest absolute Gasteiger partial charge is 0.480 e. The Kier molecular flexibility index (Phi) is 2.84. The summed E-state index contributed by atoms with van der Waals surface area (Å²) in [5.74, 6) is -1.45. The Labute approximate surface area is 73.4 Å². The Morgan fingerprint density at radius 1 is 1.31 bits per heavy atom. The second-order valence-corrected chi connectivity index (χ2v) is 2.89. The Hall–Kier alpha value is -0.730. The molecule has 0 saturated carbocycles. The van der Waals surface area contributed by atoms with Crippen LogP contribution in [0.25, 0.3) is 0 Å². The third-order valence-electron chi connectivity index (χ3n) is 2.13. The van der Waals surface area contributed by atoms with E-state index in [4.69, 9.17) is 20.5 Å². The number of aliphatic hydroxyl groups is 3. The summed E-state index contributed by atoms with van der Waals surface area (Å²) in [7, 11) is 0. The predicted molar refractivity (Wildman–Crippen MR) is 37.9 cm³/mol. The van der Waals surface area contributed by atoms with Gasteiger partial charge in [0.25, 0.3) is 0 Å². The molecule has 0 radical (unpaired) electrons. The van der Waals surface area contributed by atoms with Gasteiger partial charge in [0.2, 0.25) is 0 Å². The maximum atomic E-state index is 10.5. The number of rotatable bonds is 2. The van der Waals surface area contributed by atoms with E-state index in [0.29, 0.717) is 0 Å². The smallest absolute Gasteiger partial charge is 0.326 e. The number of hydrogen-bond donors (Lipinski definition) is 5. The fourth-order valence-electron chi connectivity index (χ4n) is 1.38. The molecule has 76 valence electrons. The van der Waals surface area contributed by atoms with E-state index in [1.54, 1.807) is 0 Å². The van der Waals surface area contributed by atoms with Crippen LogP contribution in [0.3, 0.4) is 0 Å². The standard InChI is InChI=1S/C6H11NO6/c8-1-2-4(9)5(10)3(6(11)12)7(2)13/h2-5,8-10,13H,1H2,(H,11,12). The van der Waals surface area contributed by atoms with Gasteiger partial charge < -0.3 is 25.6 Å². The van der Waals surface area contributed by atoms with Gasteiger partial charge in [-0.3, -0.25) is 4.79 Å². The third-order valence-corrected chi connectivity index (χ3v) is 2.13. The predicted octanol–water partition coefficient (Wildman–Crippen LogP) is -2.77. The molecule has 5 N–H and O–H groups in total. The molecule has 1 aliphatic rings. The van der Waals surface area contributed by atoms with Crippen LogP contribution in [0.1, 0.15) is 0 Å².